The van der Waals surface area contributed by atoms with Gasteiger partial charge < -0.3 is 14.2 Å². The molecule has 180 valence electrons. The third kappa shape index (κ3) is 4.52. The zero-order chi connectivity index (χ0) is 24.6. The van der Waals surface area contributed by atoms with Gasteiger partial charge >= 0.3 is 0 Å². The maximum Gasteiger partial charge on any atom is 0.286 e. The number of hydrogen-bond acceptors (Lipinski definition) is 5. The number of carbonyl (C=O) groups excluding carboxylic acids is 1. The van der Waals surface area contributed by atoms with Crippen LogP contribution < -0.4 is 4.90 Å². The van der Waals surface area contributed by atoms with Crippen molar-refractivity contribution in [2.24, 2.45) is 4.99 Å². The topological polar surface area (TPSA) is 49.1 Å². The fourth-order valence-electron chi connectivity index (χ4n) is 4.55. The van der Waals surface area contributed by atoms with Gasteiger partial charge in [-0.2, -0.15) is 4.99 Å². The number of amidine groups is 1. The standard InChI is InChI=1S/C28H21Cl2N3O2S/c29-19-8-10-23(30)22(16-19)25-11-9-20(35-25)17-26-27(34)31-28(36-26)33-14-12-32(13-15-33)24-7-3-5-18-4-1-2-6-21(18)24/h1-11,16-17H,12-15H2. The summed E-state index contributed by atoms with van der Waals surface area (Å²) in [5.74, 6) is 0.912. The second kappa shape index (κ2) is 9.69. The van der Waals surface area contributed by atoms with Gasteiger partial charge in [-0.15, -0.1) is 0 Å². The smallest absolute Gasteiger partial charge is 0.286 e. The van der Waals surface area contributed by atoms with Gasteiger partial charge in [0.05, 0.1) is 9.93 Å². The van der Waals surface area contributed by atoms with Gasteiger partial charge in [-0.3, -0.25) is 4.79 Å². The number of anilines is 1. The van der Waals surface area contributed by atoms with Crippen LogP contribution in [0.3, 0.4) is 0 Å². The molecule has 1 amide bonds. The molecule has 2 aliphatic heterocycles. The molecular weight excluding hydrogens is 513 g/mol. The summed E-state index contributed by atoms with van der Waals surface area (Å²) in [7, 11) is 0. The van der Waals surface area contributed by atoms with Gasteiger partial charge in [0.1, 0.15) is 11.5 Å². The Morgan fingerprint density at radius 1 is 0.889 bits per heavy atom. The highest BCUT2D eigenvalue weighted by Crippen LogP contribution is 2.35. The van der Waals surface area contributed by atoms with Crippen molar-refractivity contribution in [2.45, 2.75) is 0 Å². The molecule has 0 unspecified atom stereocenters. The summed E-state index contributed by atoms with van der Waals surface area (Å²) >= 11 is 13.8. The van der Waals surface area contributed by atoms with Crippen LogP contribution in [0.1, 0.15) is 5.76 Å². The lowest BCUT2D eigenvalue weighted by atomic mass is 10.1. The van der Waals surface area contributed by atoms with Gasteiger partial charge in [0.15, 0.2) is 5.17 Å². The molecule has 6 rings (SSSR count). The first-order chi connectivity index (χ1) is 17.5. The van der Waals surface area contributed by atoms with Crippen molar-refractivity contribution < 1.29 is 9.21 Å². The van der Waals surface area contributed by atoms with Crippen molar-refractivity contribution in [3.05, 3.63) is 93.5 Å². The Bertz CT molecular complexity index is 1530. The number of benzene rings is 3. The number of furan rings is 1. The Balaban J connectivity index is 1.14. The SMILES string of the molecule is O=C1N=C(N2CCN(c3cccc4ccccc34)CC2)SC1=Cc1ccc(-c2cc(Cl)ccc2Cl)o1. The van der Waals surface area contributed by atoms with Crippen LogP contribution in [0.25, 0.3) is 28.2 Å². The normalized spacial score (nSPS) is 17.3. The molecule has 1 aromatic heterocycles. The summed E-state index contributed by atoms with van der Waals surface area (Å²) in [4.78, 5) is 22.1. The number of amides is 1. The van der Waals surface area contributed by atoms with Crippen LogP contribution in [-0.4, -0.2) is 42.2 Å². The third-order valence-corrected chi connectivity index (χ3v) is 7.97. The molecular formula is C28H21Cl2N3O2S. The Kier molecular flexibility index (Phi) is 6.25. The van der Waals surface area contributed by atoms with Crippen LogP contribution in [0.5, 0.6) is 0 Å². The number of aliphatic imine (C=N–C) groups is 1. The second-order valence-electron chi connectivity index (χ2n) is 8.61. The lowest BCUT2D eigenvalue weighted by Gasteiger charge is -2.37. The van der Waals surface area contributed by atoms with E-state index in [4.69, 9.17) is 27.6 Å². The first-order valence-electron chi connectivity index (χ1n) is 11.6. The number of piperazine rings is 1. The molecule has 36 heavy (non-hydrogen) atoms. The van der Waals surface area contributed by atoms with Crippen LogP contribution in [0.2, 0.25) is 10.0 Å². The lowest BCUT2D eigenvalue weighted by molar-refractivity contribution is -0.113. The van der Waals surface area contributed by atoms with E-state index >= 15 is 0 Å². The molecule has 0 spiro atoms. The monoisotopic (exact) mass is 533 g/mol. The van der Waals surface area contributed by atoms with Crippen molar-refractivity contribution in [1.29, 1.82) is 0 Å². The molecule has 4 aromatic rings. The van der Waals surface area contributed by atoms with Crippen molar-refractivity contribution >= 4 is 68.6 Å². The predicted octanol–water partition coefficient (Wildman–Crippen LogP) is 7.20. The molecule has 0 radical (unpaired) electrons. The molecule has 0 aliphatic carbocycles. The zero-order valence-electron chi connectivity index (χ0n) is 19.2. The van der Waals surface area contributed by atoms with E-state index in [-0.39, 0.29) is 5.91 Å². The van der Waals surface area contributed by atoms with Crippen molar-refractivity contribution in [3.63, 3.8) is 0 Å². The van der Waals surface area contributed by atoms with Crippen molar-refractivity contribution in [2.75, 3.05) is 31.1 Å². The quantitative estimate of drug-likeness (QED) is 0.260. The highest BCUT2D eigenvalue weighted by atomic mass is 35.5. The molecule has 1 saturated heterocycles. The highest BCUT2D eigenvalue weighted by molar-refractivity contribution is 8.18. The summed E-state index contributed by atoms with van der Waals surface area (Å²) in [5, 5.41) is 4.37. The first-order valence-corrected chi connectivity index (χ1v) is 13.2. The molecule has 5 nitrogen and oxygen atoms in total. The number of hydrogen-bond donors (Lipinski definition) is 0. The predicted molar refractivity (Wildman–Crippen MR) is 150 cm³/mol. The minimum atomic E-state index is -0.245. The van der Waals surface area contributed by atoms with Crippen molar-refractivity contribution in [3.8, 4) is 11.3 Å². The van der Waals surface area contributed by atoms with Crippen LogP contribution in [0, 0.1) is 0 Å². The Morgan fingerprint density at radius 2 is 1.67 bits per heavy atom. The van der Waals surface area contributed by atoms with Gasteiger partial charge in [-0.1, -0.05) is 59.6 Å². The van der Waals surface area contributed by atoms with Crippen LogP contribution in [-0.2, 0) is 4.79 Å². The van der Waals surface area contributed by atoms with Crippen molar-refractivity contribution in [1.82, 2.24) is 4.90 Å². The maximum absolute atomic E-state index is 12.6. The Morgan fingerprint density at radius 3 is 2.53 bits per heavy atom. The summed E-state index contributed by atoms with van der Waals surface area (Å²) in [6, 6.07) is 23.7. The average molecular weight is 534 g/mol. The number of halogens is 2. The molecule has 0 N–H and O–H groups in total. The molecule has 0 saturated carbocycles. The third-order valence-electron chi connectivity index (χ3n) is 6.36. The molecule has 2 aliphatic rings. The minimum absolute atomic E-state index is 0.245. The Labute approximate surface area is 223 Å². The largest absolute Gasteiger partial charge is 0.457 e. The van der Waals surface area contributed by atoms with Crippen LogP contribution in [0.15, 0.2) is 87.1 Å². The minimum Gasteiger partial charge on any atom is -0.457 e. The van der Waals surface area contributed by atoms with E-state index in [1.807, 2.05) is 12.1 Å². The molecule has 3 heterocycles. The first kappa shape index (κ1) is 23.2. The average Bonchev–Trinajstić information content (AvgIpc) is 3.52. The second-order valence-corrected chi connectivity index (χ2v) is 10.5. The van der Waals surface area contributed by atoms with E-state index < -0.39 is 0 Å². The molecule has 3 aromatic carbocycles. The van der Waals surface area contributed by atoms with E-state index in [1.54, 1.807) is 24.3 Å². The molecule has 1 fully saturated rings. The molecule has 0 bridgehead atoms. The summed E-state index contributed by atoms with van der Waals surface area (Å²) in [5.41, 5.74) is 1.96. The number of nitrogens with zero attached hydrogens (tertiary/aromatic N) is 3. The summed E-state index contributed by atoms with van der Waals surface area (Å²) in [6.45, 7) is 3.33. The van der Waals surface area contributed by atoms with Gasteiger partial charge in [0.2, 0.25) is 0 Å². The van der Waals surface area contributed by atoms with E-state index in [1.165, 1.54) is 28.2 Å². The molecule has 0 atom stereocenters. The van der Waals surface area contributed by atoms with Gasteiger partial charge in [-0.25, -0.2) is 0 Å². The summed E-state index contributed by atoms with van der Waals surface area (Å²) < 4.78 is 5.94. The number of rotatable bonds is 3. The highest BCUT2D eigenvalue weighted by Gasteiger charge is 2.29. The van der Waals surface area contributed by atoms with Crippen LogP contribution >= 0.6 is 35.0 Å². The van der Waals surface area contributed by atoms with E-state index in [2.05, 4.69) is 57.3 Å². The fourth-order valence-corrected chi connectivity index (χ4v) is 5.87. The number of fused-ring (bicyclic) bond motifs is 1. The molecule has 8 heteroatoms. The number of carbonyl (C=O) groups is 1. The lowest BCUT2D eigenvalue weighted by Crippen LogP contribution is -2.47. The van der Waals surface area contributed by atoms with Crippen LogP contribution in [0.4, 0.5) is 5.69 Å². The van der Waals surface area contributed by atoms with Gasteiger partial charge in [0, 0.05) is 53.9 Å². The summed E-state index contributed by atoms with van der Waals surface area (Å²) in [6.07, 6.45) is 1.73. The maximum atomic E-state index is 12.6. The Hall–Kier alpha value is -3.19. The van der Waals surface area contributed by atoms with Gasteiger partial charge in [0.25, 0.3) is 5.91 Å². The van der Waals surface area contributed by atoms with E-state index in [0.29, 0.717) is 32.0 Å². The van der Waals surface area contributed by atoms with E-state index in [0.717, 1.165) is 31.3 Å². The van der Waals surface area contributed by atoms with E-state index in [9.17, 15) is 4.79 Å². The fraction of sp³-hybridized carbons (Fsp3) is 0.143. The zero-order valence-corrected chi connectivity index (χ0v) is 21.5. The van der Waals surface area contributed by atoms with Gasteiger partial charge in [-0.05, 0) is 53.5 Å². The number of thioether (sulfide) groups is 1.